The molecule has 256 valence electrons. The SMILES string of the molecule is c1ccc(-c2nc(-c3ccc(-c4ccccn4)cc3)nc(-c3ccc4c(c3)c3ccccc3c3c4ccc4c3c3ccccc3n4-c3ccccc3)n2)cc1. The van der Waals surface area contributed by atoms with Crippen molar-refractivity contribution in [3.8, 4) is 51.1 Å². The van der Waals surface area contributed by atoms with Crippen LogP contribution in [-0.2, 0) is 0 Å². The molecule has 3 aromatic heterocycles. The Morgan fingerprint density at radius 3 is 1.62 bits per heavy atom. The molecule has 0 fully saturated rings. The first-order chi connectivity index (χ1) is 27.3. The van der Waals surface area contributed by atoms with E-state index in [4.69, 9.17) is 15.0 Å². The van der Waals surface area contributed by atoms with Crippen LogP contribution in [0.4, 0.5) is 0 Å². The highest BCUT2D eigenvalue weighted by molar-refractivity contribution is 6.35. The molecule has 0 spiro atoms. The van der Waals surface area contributed by atoms with E-state index in [9.17, 15) is 0 Å². The van der Waals surface area contributed by atoms with Crippen molar-refractivity contribution in [1.82, 2.24) is 24.5 Å². The molecule has 0 aliphatic carbocycles. The lowest BCUT2D eigenvalue weighted by molar-refractivity contribution is 1.07. The molecule has 0 N–H and O–H groups in total. The lowest BCUT2D eigenvalue weighted by Gasteiger charge is -2.14. The summed E-state index contributed by atoms with van der Waals surface area (Å²) >= 11 is 0. The number of pyridine rings is 1. The molecule has 3 heterocycles. The minimum absolute atomic E-state index is 0.622. The standard InChI is InChI=1S/C50H31N5/c1-3-13-33(14-4-1)48-52-49(34-24-22-32(23-25-34)43-20-11-12-30-51-43)54-50(53-48)35-26-27-38-40-28-29-45-47(46(40)39-18-8-7-17-37(39)42(38)31-35)41-19-9-10-21-44(41)55(45)36-15-5-2-6-16-36/h1-31H. The second-order valence-electron chi connectivity index (χ2n) is 13.8. The van der Waals surface area contributed by atoms with E-state index in [1.54, 1.807) is 0 Å². The number of benzene rings is 8. The van der Waals surface area contributed by atoms with Gasteiger partial charge in [-0.05, 0) is 69.4 Å². The van der Waals surface area contributed by atoms with Gasteiger partial charge in [-0.3, -0.25) is 4.98 Å². The number of para-hydroxylation sites is 2. The summed E-state index contributed by atoms with van der Waals surface area (Å²) < 4.78 is 2.39. The molecule has 0 saturated heterocycles. The van der Waals surface area contributed by atoms with Crippen LogP contribution in [0.5, 0.6) is 0 Å². The van der Waals surface area contributed by atoms with Crippen molar-refractivity contribution in [2.75, 3.05) is 0 Å². The van der Waals surface area contributed by atoms with Crippen LogP contribution >= 0.6 is 0 Å². The minimum atomic E-state index is 0.622. The summed E-state index contributed by atoms with van der Waals surface area (Å²) in [6.45, 7) is 0. The molecule has 5 heteroatoms. The van der Waals surface area contributed by atoms with E-state index < -0.39 is 0 Å². The third-order valence-electron chi connectivity index (χ3n) is 10.7. The molecule has 0 aliphatic rings. The fourth-order valence-electron chi connectivity index (χ4n) is 8.17. The molecule has 0 bridgehead atoms. The monoisotopic (exact) mass is 701 g/mol. The van der Waals surface area contributed by atoms with Gasteiger partial charge < -0.3 is 4.57 Å². The van der Waals surface area contributed by atoms with E-state index in [0.29, 0.717) is 17.5 Å². The van der Waals surface area contributed by atoms with Gasteiger partial charge in [-0.25, -0.2) is 15.0 Å². The van der Waals surface area contributed by atoms with Crippen LogP contribution in [0.3, 0.4) is 0 Å². The molecule has 0 radical (unpaired) electrons. The van der Waals surface area contributed by atoms with Gasteiger partial charge in [0.1, 0.15) is 0 Å². The first kappa shape index (κ1) is 31.1. The number of nitrogens with zero attached hydrogens (tertiary/aromatic N) is 5. The Morgan fingerprint density at radius 1 is 0.327 bits per heavy atom. The summed E-state index contributed by atoms with van der Waals surface area (Å²) in [5.41, 5.74) is 8.29. The van der Waals surface area contributed by atoms with E-state index in [0.717, 1.165) is 39.0 Å². The van der Waals surface area contributed by atoms with E-state index in [1.165, 1.54) is 48.7 Å². The zero-order valence-corrected chi connectivity index (χ0v) is 29.6. The Kier molecular flexibility index (Phi) is 7.10. The summed E-state index contributed by atoms with van der Waals surface area (Å²) in [5.74, 6) is 1.89. The van der Waals surface area contributed by atoms with Crippen molar-refractivity contribution in [1.29, 1.82) is 0 Å². The maximum absolute atomic E-state index is 5.12. The highest BCUT2D eigenvalue weighted by atomic mass is 15.0. The number of rotatable bonds is 5. The Morgan fingerprint density at radius 2 is 0.873 bits per heavy atom. The van der Waals surface area contributed by atoms with Crippen LogP contribution in [0.2, 0.25) is 0 Å². The van der Waals surface area contributed by atoms with Gasteiger partial charge in [0.2, 0.25) is 0 Å². The molecule has 8 aromatic carbocycles. The summed E-state index contributed by atoms with van der Waals surface area (Å²) in [6, 6.07) is 63.8. The maximum Gasteiger partial charge on any atom is 0.164 e. The molecule has 11 rings (SSSR count). The Hall–Kier alpha value is -7.50. The Labute approximate surface area is 316 Å². The van der Waals surface area contributed by atoms with Gasteiger partial charge in [-0.2, -0.15) is 0 Å². The van der Waals surface area contributed by atoms with Crippen molar-refractivity contribution >= 4 is 54.1 Å². The quantitative estimate of drug-likeness (QED) is 0.168. The smallest absolute Gasteiger partial charge is 0.164 e. The van der Waals surface area contributed by atoms with Crippen molar-refractivity contribution in [3.63, 3.8) is 0 Å². The lowest BCUT2D eigenvalue weighted by Crippen LogP contribution is -2.00. The Bertz CT molecular complexity index is 3210. The summed E-state index contributed by atoms with van der Waals surface area (Å²) in [5, 5.41) is 9.76. The van der Waals surface area contributed by atoms with Gasteiger partial charge in [-0.15, -0.1) is 0 Å². The first-order valence-electron chi connectivity index (χ1n) is 18.5. The largest absolute Gasteiger partial charge is 0.309 e. The second kappa shape index (κ2) is 12.6. The molecule has 0 atom stereocenters. The second-order valence-corrected chi connectivity index (χ2v) is 13.8. The number of hydrogen-bond donors (Lipinski definition) is 0. The summed E-state index contributed by atoms with van der Waals surface area (Å²) in [4.78, 5) is 19.7. The first-order valence-corrected chi connectivity index (χ1v) is 18.5. The topological polar surface area (TPSA) is 56.5 Å². The Balaban J connectivity index is 1.13. The van der Waals surface area contributed by atoms with Gasteiger partial charge in [0.25, 0.3) is 0 Å². The van der Waals surface area contributed by atoms with Gasteiger partial charge in [-0.1, -0.05) is 140 Å². The summed E-state index contributed by atoms with van der Waals surface area (Å²) in [7, 11) is 0. The van der Waals surface area contributed by atoms with Crippen molar-refractivity contribution < 1.29 is 0 Å². The molecule has 0 amide bonds. The third kappa shape index (κ3) is 5.09. The normalized spacial score (nSPS) is 11.6. The van der Waals surface area contributed by atoms with E-state index in [2.05, 4.69) is 143 Å². The van der Waals surface area contributed by atoms with Crippen molar-refractivity contribution in [3.05, 3.63) is 188 Å². The molecule has 5 nitrogen and oxygen atoms in total. The number of hydrogen-bond acceptors (Lipinski definition) is 4. The molecule has 0 unspecified atom stereocenters. The highest BCUT2D eigenvalue weighted by Crippen LogP contribution is 2.44. The lowest BCUT2D eigenvalue weighted by atomic mass is 9.91. The molecular weight excluding hydrogens is 671 g/mol. The van der Waals surface area contributed by atoms with Crippen LogP contribution in [0.15, 0.2) is 188 Å². The van der Waals surface area contributed by atoms with Crippen LogP contribution in [0, 0.1) is 0 Å². The zero-order valence-electron chi connectivity index (χ0n) is 29.6. The average Bonchev–Trinajstić information content (AvgIpc) is 3.61. The number of fused-ring (bicyclic) bond motifs is 10. The van der Waals surface area contributed by atoms with Crippen LogP contribution in [0.25, 0.3) is 105 Å². The van der Waals surface area contributed by atoms with Crippen LogP contribution in [0.1, 0.15) is 0 Å². The van der Waals surface area contributed by atoms with E-state index >= 15 is 0 Å². The van der Waals surface area contributed by atoms with Crippen LogP contribution < -0.4 is 0 Å². The maximum atomic E-state index is 5.12. The third-order valence-corrected chi connectivity index (χ3v) is 10.7. The fourth-order valence-corrected chi connectivity index (χ4v) is 8.17. The minimum Gasteiger partial charge on any atom is -0.309 e. The van der Waals surface area contributed by atoms with Crippen molar-refractivity contribution in [2.24, 2.45) is 0 Å². The van der Waals surface area contributed by atoms with Crippen LogP contribution in [-0.4, -0.2) is 24.5 Å². The predicted molar refractivity (Wildman–Crippen MR) is 226 cm³/mol. The highest BCUT2D eigenvalue weighted by Gasteiger charge is 2.19. The van der Waals surface area contributed by atoms with Crippen molar-refractivity contribution in [2.45, 2.75) is 0 Å². The van der Waals surface area contributed by atoms with Gasteiger partial charge in [0.05, 0.1) is 16.7 Å². The average molecular weight is 702 g/mol. The predicted octanol–water partition coefficient (Wildman–Crippen LogP) is 12.5. The summed E-state index contributed by atoms with van der Waals surface area (Å²) in [6.07, 6.45) is 1.81. The van der Waals surface area contributed by atoms with E-state index in [-0.39, 0.29) is 0 Å². The fraction of sp³-hybridized carbons (Fsp3) is 0. The molecule has 0 aliphatic heterocycles. The molecular formula is C50H31N5. The molecule has 55 heavy (non-hydrogen) atoms. The molecule has 11 aromatic rings. The van der Waals surface area contributed by atoms with Gasteiger partial charge in [0.15, 0.2) is 17.5 Å². The van der Waals surface area contributed by atoms with Gasteiger partial charge in [0, 0.05) is 50.3 Å². The molecule has 0 saturated carbocycles. The van der Waals surface area contributed by atoms with E-state index in [1.807, 2.05) is 54.7 Å². The number of aromatic nitrogens is 5. The zero-order chi connectivity index (χ0) is 36.3. The van der Waals surface area contributed by atoms with Gasteiger partial charge >= 0.3 is 0 Å².